The second-order valence-corrected chi connectivity index (χ2v) is 5.29. The predicted octanol–water partition coefficient (Wildman–Crippen LogP) is 3.61. The van der Waals surface area contributed by atoms with Crippen LogP contribution in [-0.4, -0.2) is 18.8 Å². The van der Waals surface area contributed by atoms with E-state index in [1.807, 2.05) is 30.3 Å². The quantitative estimate of drug-likeness (QED) is 0.646. The molecule has 2 aromatic rings. The molecule has 0 fully saturated rings. The van der Waals surface area contributed by atoms with Crippen molar-refractivity contribution in [3.05, 3.63) is 58.1 Å². The molecule has 2 N–H and O–H groups in total. The molecule has 110 valence electrons. The van der Waals surface area contributed by atoms with Crippen LogP contribution in [0.3, 0.4) is 0 Å². The number of hydrogen-bond donors (Lipinski definition) is 2. The van der Waals surface area contributed by atoms with E-state index in [1.54, 1.807) is 12.1 Å². The third-order valence-corrected chi connectivity index (χ3v) is 3.40. The molecule has 0 saturated carbocycles. The van der Waals surface area contributed by atoms with Gasteiger partial charge < -0.3 is 10.1 Å². The first-order valence-electron chi connectivity index (χ1n) is 6.29. The largest absolute Gasteiger partial charge is 0.464 e. The molecule has 2 rings (SSSR count). The van der Waals surface area contributed by atoms with E-state index < -0.39 is 5.97 Å². The molecule has 0 aliphatic carbocycles. The highest BCUT2D eigenvalue weighted by atomic mass is 79.9. The number of benzene rings is 2. The Morgan fingerprint density at radius 2 is 2.09 bits per heavy atom. The fourth-order valence-corrected chi connectivity index (χ4v) is 2.26. The van der Waals surface area contributed by atoms with Crippen molar-refractivity contribution >= 4 is 39.0 Å². The number of nitriles is 1. The second-order valence-electron chi connectivity index (χ2n) is 4.37. The van der Waals surface area contributed by atoms with E-state index in [2.05, 4.69) is 26.0 Å². The SMILES string of the molecule is COC(=O)C(=N)c1cc(C#N)ccc1Nc1cccc(Br)c1. The summed E-state index contributed by atoms with van der Waals surface area (Å²) < 4.78 is 5.48. The van der Waals surface area contributed by atoms with Crippen molar-refractivity contribution in [1.29, 1.82) is 10.7 Å². The molecule has 0 amide bonds. The first-order valence-corrected chi connectivity index (χ1v) is 7.08. The number of nitrogens with zero attached hydrogens (tertiary/aromatic N) is 1. The van der Waals surface area contributed by atoms with Gasteiger partial charge in [0.2, 0.25) is 0 Å². The Morgan fingerprint density at radius 1 is 1.32 bits per heavy atom. The van der Waals surface area contributed by atoms with Crippen LogP contribution < -0.4 is 5.32 Å². The molecule has 0 heterocycles. The topological polar surface area (TPSA) is 86.0 Å². The third-order valence-electron chi connectivity index (χ3n) is 2.91. The zero-order valence-corrected chi connectivity index (χ0v) is 13.3. The van der Waals surface area contributed by atoms with Crippen LogP contribution in [0.2, 0.25) is 0 Å². The number of carbonyl (C=O) groups is 1. The summed E-state index contributed by atoms with van der Waals surface area (Å²) >= 11 is 3.38. The van der Waals surface area contributed by atoms with Crippen molar-refractivity contribution in [2.75, 3.05) is 12.4 Å². The fourth-order valence-electron chi connectivity index (χ4n) is 1.86. The molecule has 0 spiro atoms. The lowest BCUT2D eigenvalue weighted by Gasteiger charge is -2.13. The molecule has 22 heavy (non-hydrogen) atoms. The van der Waals surface area contributed by atoms with Gasteiger partial charge in [0.15, 0.2) is 0 Å². The van der Waals surface area contributed by atoms with Gasteiger partial charge >= 0.3 is 5.97 Å². The van der Waals surface area contributed by atoms with Crippen molar-refractivity contribution in [3.63, 3.8) is 0 Å². The van der Waals surface area contributed by atoms with Gasteiger partial charge in [0.1, 0.15) is 5.71 Å². The van der Waals surface area contributed by atoms with Crippen molar-refractivity contribution in [1.82, 2.24) is 0 Å². The molecule has 2 aromatic carbocycles. The molecule has 0 bridgehead atoms. The lowest BCUT2D eigenvalue weighted by atomic mass is 10.0. The third kappa shape index (κ3) is 3.51. The summed E-state index contributed by atoms with van der Waals surface area (Å²) in [5, 5.41) is 20.1. The maximum absolute atomic E-state index is 11.6. The van der Waals surface area contributed by atoms with Crippen LogP contribution in [0.15, 0.2) is 46.9 Å². The molecule has 0 unspecified atom stereocenters. The van der Waals surface area contributed by atoms with E-state index in [4.69, 9.17) is 10.7 Å². The van der Waals surface area contributed by atoms with E-state index in [0.717, 1.165) is 10.2 Å². The van der Waals surface area contributed by atoms with Crippen LogP contribution in [0.1, 0.15) is 11.1 Å². The monoisotopic (exact) mass is 357 g/mol. The highest BCUT2D eigenvalue weighted by molar-refractivity contribution is 9.10. The highest BCUT2D eigenvalue weighted by Gasteiger charge is 2.17. The van der Waals surface area contributed by atoms with Gasteiger partial charge in [-0.05, 0) is 36.4 Å². The Kier molecular flexibility index (Phi) is 4.92. The Hall–Kier alpha value is -2.65. The van der Waals surface area contributed by atoms with Crippen molar-refractivity contribution in [2.45, 2.75) is 0 Å². The van der Waals surface area contributed by atoms with Crippen molar-refractivity contribution in [3.8, 4) is 6.07 Å². The molecule has 0 radical (unpaired) electrons. The Bertz CT molecular complexity index is 781. The van der Waals surface area contributed by atoms with Gasteiger partial charge in [-0.25, -0.2) is 4.79 Å². The van der Waals surface area contributed by atoms with E-state index in [9.17, 15) is 4.79 Å². The van der Waals surface area contributed by atoms with Crippen LogP contribution in [0.4, 0.5) is 11.4 Å². The number of carbonyl (C=O) groups excluding carboxylic acids is 1. The minimum atomic E-state index is -0.757. The summed E-state index contributed by atoms with van der Waals surface area (Å²) in [5.41, 5.74) is 1.71. The zero-order chi connectivity index (χ0) is 16.1. The molecule has 0 atom stereocenters. The summed E-state index contributed by atoms with van der Waals surface area (Å²) in [6, 6.07) is 14.2. The molecule has 5 nitrogen and oxygen atoms in total. The lowest BCUT2D eigenvalue weighted by Crippen LogP contribution is -2.17. The minimum absolute atomic E-state index is 0.308. The number of hydrogen-bond acceptors (Lipinski definition) is 5. The van der Waals surface area contributed by atoms with Gasteiger partial charge in [0.05, 0.1) is 18.7 Å². The van der Waals surface area contributed by atoms with Gasteiger partial charge in [-0.1, -0.05) is 22.0 Å². The fraction of sp³-hybridized carbons (Fsp3) is 0.0625. The number of esters is 1. The van der Waals surface area contributed by atoms with Crippen molar-refractivity contribution < 1.29 is 9.53 Å². The zero-order valence-electron chi connectivity index (χ0n) is 11.7. The molecule has 0 aliphatic heterocycles. The Labute approximate surface area is 136 Å². The van der Waals surface area contributed by atoms with E-state index >= 15 is 0 Å². The van der Waals surface area contributed by atoms with Crippen LogP contribution in [-0.2, 0) is 9.53 Å². The number of ether oxygens (including phenoxy) is 1. The summed E-state index contributed by atoms with van der Waals surface area (Å²) in [6.45, 7) is 0. The highest BCUT2D eigenvalue weighted by Crippen LogP contribution is 2.25. The average Bonchev–Trinajstić information content (AvgIpc) is 2.53. The summed E-state index contributed by atoms with van der Waals surface area (Å²) in [4.78, 5) is 11.6. The summed E-state index contributed by atoms with van der Waals surface area (Å²) in [6.07, 6.45) is 0. The van der Waals surface area contributed by atoms with Gasteiger partial charge in [-0.15, -0.1) is 0 Å². The van der Waals surface area contributed by atoms with Crippen LogP contribution >= 0.6 is 15.9 Å². The number of nitrogens with one attached hydrogen (secondary N) is 2. The van der Waals surface area contributed by atoms with Gasteiger partial charge in [-0.3, -0.25) is 5.41 Å². The van der Waals surface area contributed by atoms with Crippen LogP contribution in [0.5, 0.6) is 0 Å². The average molecular weight is 358 g/mol. The number of methoxy groups -OCH3 is 1. The van der Waals surface area contributed by atoms with Gasteiger partial charge in [0, 0.05) is 21.4 Å². The second kappa shape index (κ2) is 6.87. The maximum Gasteiger partial charge on any atom is 0.356 e. The van der Waals surface area contributed by atoms with Gasteiger partial charge in [0.25, 0.3) is 0 Å². The lowest BCUT2D eigenvalue weighted by molar-refractivity contribution is -0.132. The smallest absolute Gasteiger partial charge is 0.356 e. The van der Waals surface area contributed by atoms with Gasteiger partial charge in [-0.2, -0.15) is 5.26 Å². The van der Waals surface area contributed by atoms with Crippen LogP contribution in [0.25, 0.3) is 0 Å². The maximum atomic E-state index is 11.6. The minimum Gasteiger partial charge on any atom is -0.464 e. The van der Waals surface area contributed by atoms with E-state index in [1.165, 1.54) is 13.2 Å². The summed E-state index contributed by atoms with van der Waals surface area (Å²) in [7, 11) is 1.21. The van der Waals surface area contributed by atoms with E-state index in [-0.39, 0.29) is 5.71 Å². The summed E-state index contributed by atoms with van der Waals surface area (Å²) in [5.74, 6) is -0.757. The predicted molar refractivity (Wildman–Crippen MR) is 87.4 cm³/mol. The first kappa shape index (κ1) is 15.7. The number of anilines is 2. The molecular weight excluding hydrogens is 346 g/mol. The standard InChI is InChI=1S/C16H12BrN3O2/c1-22-16(21)15(19)13-7-10(9-18)5-6-14(13)20-12-4-2-3-11(17)8-12/h2-8,19-20H,1H3. The Morgan fingerprint density at radius 3 is 2.73 bits per heavy atom. The molecule has 0 aliphatic rings. The Balaban J connectivity index is 2.44. The van der Waals surface area contributed by atoms with Crippen molar-refractivity contribution in [2.24, 2.45) is 0 Å². The van der Waals surface area contributed by atoms with E-state index in [0.29, 0.717) is 16.8 Å². The number of halogens is 1. The molecule has 0 saturated heterocycles. The normalized spacial score (nSPS) is 9.68. The molecule has 0 aromatic heterocycles. The molecular formula is C16H12BrN3O2. The first-order chi connectivity index (χ1) is 10.5. The number of rotatable bonds is 4. The van der Waals surface area contributed by atoms with Crippen LogP contribution in [0, 0.1) is 16.7 Å². The molecule has 6 heteroatoms.